The molecule has 3 N–H and O–H groups in total. The molecule has 0 saturated carbocycles. The van der Waals surface area contributed by atoms with Gasteiger partial charge in [-0.3, -0.25) is 4.79 Å². The van der Waals surface area contributed by atoms with Crippen LogP contribution in [-0.2, 0) is 0 Å². The Balaban J connectivity index is 2.22. The number of aromatic nitrogens is 2. The van der Waals surface area contributed by atoms with Crippen molar-refractivity contribution in [2.45, 2.75) is 0 Å². The Bertz CT molecular complexity index is 586. The predicted octanol–water partition coefficient (Wildman–Crippen LogP) is 2.62. The van der Waals surface area contributed by atoms with Gasteiger partial charge in [0, 0.05) is 0 Å². The van der Waals surface area contributed by atoms with Crippen LogP contribution in [0.1, 0.15) is 10.4 Å². The van der Waals surface area contributed by atoms with Crippen LogP contribution in [0.15, 0.2) is 30.3 Å². The number of nitrogens with one attached hydrogen (secondary N) is 1. The van der Waals surface area contributed by atoms with E-state index in [9.17, 15) is 4.79 Å². The van der Waals surface area contributed by atoms with Gasteiger partial charge in [-0.2, -0.15) is 0 Å². The average molecular weight is 283 g/mol. The lowest BCUT2D eigenvalue weighted by atomic mass is 10.2. The number of anilines is 2. The first kappa shape index (κ1) is 12.6. The second-order valence-electron chi connectivity index (χ2n) is 3.40. The van der Waals surface area contributed by atoms with Gasteiger partial charge in [-0.15, -0.1) is 10.2 Å². The molecule has 2 aromatic rings. The molecule has 0 fully saturated rings. The van der Waals surface area contributed by atoms with E-state index in [0.717, 1.165) is 0 Å². The van der Waals surface area contributed by atoms with Gasteiger partial charge in [0.2, 0.25) is 0 Å². The summed E-state index contributed by atoms with van der Waals surface area (Å²) >= 11 is 11.5. The molecule has 18 heavy (non-hydrogen) atoms. The number of nitrogens with zero attached hydrogens (tertiary/aromatic N) is 2. The molecule has 2 rings (SSSR count). The van der Waals surface area contributed by atoms with E-state index in [1.807, 2.05) is 0 Å². The van der Waals surface area contributed by atoms with Crippen LogP contribution in [0.3, 0.4) is 0 Å². The number of amides is 1. The maximum atomic E-state index is 11.9. The summed E-state index contributed by atoms with van der Waals surface area (Å²) in [6.07, 6.45) is 0. The zero-order valence-electron chi connectivity index (χ0n) is 9.02. The Hall–Kier alpha value is -1.85. The van der Waals surface area contributed by atoms with Crippen molar-refractivity contribution in [2.24, 2.45) is 0 Å². The van der Waals surface area contributed by atoms with Gasteiger partial charge in [0.25, 0.3) is 5.91 Å². The number of carbonyl (C=O) groups is 1. The van der Waals surface area contributed by atoms with E-state index in [4.69, 9.17) is 28.9 Å². The highest BCUT2D eigenvalue weighted by molar-refractivity contribution is 6.36. The number of rotatable bonds is 2. The fourth-order valence-electron chi connectivity index (χ4n) is 1.29. The number of halogens is 2. The quantitative estimate of drug-likeness (QED) is 0.830. The fraction of sp³-hybridized carbons (Fsp3) is 0. The van der Waals surface area contributed by atoms with Gasteiger partial charge in [0.15, 0.2) is 11.0 Å². The van der Waals surface area contributed by atoms with Crippen molar-refractivity contribution in [2.75, 3.05) is 11.1 Å². The summed E-state index contributed by atoms with van der Waals surface area (Å²) in [4.78, 5) is 11.9. The number of carbonyl (C=O) groups excluding carboxylic acids is 1. The molecule has 92 valence electrons. The molecule has 0 spiro atoms. The molecule has 0 aliphatic carbocycles. The summed E-state index contributed by atoms with van der Waals surface area (Å²) in [5.74, 6) is -0.133. The zero-order chi connectivity index (χ0) is 13.1. The van der Waals surface area contributed by atoms with E-state index in [1.54, 1.807) is 18.2 Å². The second kappa shape index (κ2) is 5.20. The van der Waals surface area contributed by atoms with E-state index in [0.29, 0.717) is 5.69 Å². The second-order valence-corrected chi connectivity index (χ2v) is 4.17. The maximum absolute atomic E-state index is 11.9. The topological polar surface area (TPSA) is 80.9 Å². The van der Waals surface area contributed by atoms with E-state index in [2.05, 4.69) is 15.5 Å². The van der Waals surface area contributed by atoms with Crippen molar-refractivity contribution in [3.8, 4) is 0 Å². The van der Waals surface area contributed by atoms with Crippen LogP contribution in [0.4, 0.5) is 11.5 Å². The molecular formula is C11H8Cl2N4O. The molecule has 1 aromatic carbocycles. The third kappa shape index (κ3) is 2.69. The summed E-state index contributed by atoms with van der Waals surface area (Å²) in [5, 5.41) is 10.3. The van der Waals surface area contributed by atoms with Crippen LogP contribution in [0.5, 0.6) is 0 Å². The minimum absolute atomic E-state index is 0.205. The van der Waals surface area contributed by atoms with Crippen molar-refractivity contribution in [1.29, 1.82) is 0 Å². The highest BCUT2D eigenvalue weighted by atomic mass is 35.5. The van der Waals surface area contributed by atoms with Crippen molar-refractivity contribution in [3.05, 3.63) is 46.1 Å². The molecule has 0 radical (unpaired) electrons. The van der Waals surface area contributed by atoms with Crippen LogP contribution in [0.2, 0.25) is 10.2 Å². The molecule has 0 aliphatic heterocycles. The predicted molar refractivity (Wildman–Crippen MR) is 70.9 cm³/mol. The summed E-state index contributed by atoms with van der Waals surface area (Å²) in [6.45, 7) is 0. The number of nitrogens with two attached hydrogens (primary N) is 1. The van der Waals surface area contributed by atoms with Crippen molar-refractivity contribution in [3.63, 3.8) is 0 Å². The summed E-state index contributed by atoms with van der Waals surface area (Å²) in [7, 11) is 0. The van der Waals surface area contributed by atoms with Crippen molar-refractivity contribution >= 4 is 40.6 Å². The molecule has 0 bridgehead atoms. The van der Waals surface area contributed by atoms with Crippen LogP contribution >= 0.6 is 23.2 Å². The van der Waals surface area contributed by atoms with E-state index >= 15 is 0 Å². The van der Waals surface area contributed by atoms with Crippen LogP contribution < -0.4 is 11.1 Å². The standard InChI is InChI=1S/C11H8Cl2N4O/c12-8-4-5-9(17-16-8)15-11(18)6-2-1-3-7(14)10(6)13/h1-5H,14H2,(H,15,17,18). The molecular weight excluding hydrogens is 275 g/mol. The van der Waals surface area contributed by atoms with Crippen LogP contribution in [-0.4, -0.2) is 16.1 Å². The Morgan fingerprint density at radius 3 is 2.61 bits per heavy atom. The van der Waals surface area contributed by atoms with Gasteiger partial charge in [0.05, 0.1) is 16.3 Å². The minimum Gasteiger partial charge on any atom is -0.398 e. The molecule has 5 nitrogen and oxygen atoms in total. The first-order chi connectivity index (χ1) is 8.58. The maximum Gasteiger partial charge on any atom is 0.258 e. The average Bonchev–Trinajstić information content (AvgIpc) is 2.35. The molecule has 1 amide bonds. The molecule has 1 heterocycles. The summed E-state index contributed by atoms with van der Waals surface area (Å²) in [6, 6.07) is 7.88. The Labute approximate surface area is 113 Å². The Kier molecular flexibility index (Phi) is 3.64. The summed E-state index contributed by atoms with van der Waals surface area (Å²) in [5.41, 5.74) is 6.23. The van der Waals surface area contributed by atoms with Gasteiger partial charge in [-0.1, -0.05) is 29.3 Å². The van der Waals surface area contributed by atoms with Crippen molar-refractivity contribution in [1.82, 2.24) is 10.2 Å². The van der Waals surface area contributed by atoms with Crippen molar-refractivity contribution < 1.29 is 4.79 Å². The number of nitrogen functional groups attached to an aromatic ring is 1. The Morgan fingerprint density at radius 2 is 1.94 bits per heavy atom. The molecule has 0 saturated heterocycles. The minimum atomic E-state index is -0.413. The Morgan fingerprint density at radius 1 is 1.17 bits per heavy atom. The van der Waals surface area contributed by atoms with Crippen LogP contribution in [0, 0.1) is 0 Å². The van der Waals surface area contributed by atoms with Gasteiger partial charge in [-0.25, -0.2) is 0 Å². The largest absolute Gasteiger partial charge is 0.398 e. The lowest BCUT2D eigenvalue weighted by Gasteiger charge is -2.06. The van der Waals surface area contributed by atoms with Gasteiger partial charge < -0.3 is 11.1 Å². The van der Waals surface area contributed by atoms with E-state index in [-0.39, 0.29) is 21.6 Å². The number of hydrogen-bond acceptors (Lipinski definition) is 4. The molecule has 7 heteroatoms. The van der Waals surface area contributed by atoms with E-state index in [1.165, 1.54) is 12.1 Å². The third-order valence-electron chi connectivity index (χ3n) is 2.15. The number of benzene rings is 1. The third-order valence-corrected chi connectivity index (χ3v) is 2.77. The lowest BCUT2D eigenvalue weighted by molar-refractivity contribution is 0.102. The van der Waals surface area contributed by atoms with Crippen LogP contribution in [0.25, 0.3) is 0 Å². The van der Waals surface area contributed by atoms with E-state index < -0.39 is 5.91 Å². The lowest BCUT2D eigenvalue weighted by Crippen LogP contribution is -2.14. The monoisotopic (exact) mass is 282 g/mol. The van der Waals surface area contributed by atoms with Gasteiger partial charge in [0.1, 0.15) is 0 Å². The smallest absolute Gasteiger partial charge is 0.258 e. The SMILES string of the molecule is Nc1cccc(C(=O)Nc2ccc(Cl)nn2)c1Cl. The highest BCUT2D eigenvalue weighted by Crippen LogP contribution is 2.23. The first-order valence-electron chi connectivity index (χ1n) is 4.92. The highest BCUT2D eigenvalue weighted by Gasteiger charge is 2.12. The molecule has 1 aromatic heterocycles. The zero-order valence-corrected chi connectivity index (χ0v) is 10.5. The molecule has 0 aliphatic rings. The summed E-state index contributed by atoms with van der Waals surface area (Å²) < 4.78 is 0. The fourth-order valence-corrected chi connectivity index (χ4v) is 1.60. The normalized spacial score (nSPS) is 10.1. The van der Waals surface area contributed by atoms with Gasteiger partial charge in [-0.05, 0) is 24.3 Å². The molecule has 0 atom stereocenters. The number of hydrogen-bond donors (Lipinski definition) is 2. The molecule has 0 unspecified atom stereocenters. The van der Waals surface area contributed by atoms with Gasteiger partial charge >= 0.3 is 0 Å². The first-order valence-corrected chi connectivity index (χ1v) is 5.68.